The van der Waals surface area contributed by atoms with Gasteiger partial charge < -0.3 is 10.6 Å². The van der Waals surface area contributed by atoms with Gasteiger partial charge in [0, 0.05) is 24.3 Å². The minimum Gasteiger partial charge on any atom is -0.367 e. The van der Waals surface area contributed by atoms with Crippen LogP contribution in [0.2, 0.25) is 0 Å². The van der Waals surface area contributed by atoms with E-state index in [9.17, 15) is 0 Å². The van der Waals surface area contributed by atoms with Gasteiger partial charge in [0.05, 0.1) is 0 Å². The fourth-order valence-electron chi connectivity index (χ4n) is 2.18. The number of aryl methyl sites for hydroxylation is 1. The maximum Gasteiger partial charge on any atom is 0.224 e. The molecule has 1 heterocycles. The van der Waals surface area contributed by atoms with Crippen LogP contribution in [0, 0.1) is 12.8 Å². The van der Waals surface area contributed by atoms with Gasteiger partial charge in [-0.25, -0.2) is 4.98 Å². The number of nitrogens with one attached hydrogen (secondary N) is 2. The fraction of sp³-hybridized carbons (Fsp3) is 0.692. The first-order valence-electron chi connectivity index (χ1n) is 6.59. The van der Waals surface area contributed by atoms with Gasteiger partial charge >= 0.3 is 0 Å². The Morgan fingerprint density at radius 3 is 2.88 bits per heavy atom. The maximum atomic E-state index is 4.46. The monoisotopic (exact) mass is 234 g/mol. The van der Waals surface area contributed by atoms with Crippen molar-refractivity contribution in [3.05, 3.63) is 11.8 Å². The van der Waals surface area contributed by atoms with Gasteiger partial charge in [-0.3, -0.25) is 0 Å². The minimum atomic E-state index is 0.624. The van der Waals surface area contributed by atoms with Crippen LogP contribution in [-0.4, -0.2) is 22.6 Å². The molecule has 2 rings (SSSR count). The van der Waals surface area contributed by atoms with Gasteiger partial charge in [0.25, 0.3) is 0 Å². The second-order valence-corrected chi connectivity index (χ2v) is 4.78. The highest BCUT2D eigenvalue weighted by Gasteiger charge is 2.36. The van der Waals surface area contributed by atoms with Crippen LogP contribution in [0.5, 0.6) is 0 Å². The van der Waals surface area contributed by atoms with Gasteiger partial charge in [0.15, 0.2) is 0 Å². The van der Waals surface area contributed by atoms with Crippen molar-refractivity contribution in [1.82, 2.24) is 9.97 Å². The Hall–Kier alpha value is -1.32. The second-order valence-electron chi connectivity index (χ2n) is 4.78. The van der Waals surface area contributed by atoms with Crippen LogP contribution in [0.4, 0.5) is 11.8 Å². The van der Waals surface area contributed by atoms with Crippen molar-refractivity contribution < 1.29 is 0 Å². The molecule has 1 aromatic rings. The summed E-state index contributed by atoms with van der Waals surface area (Å²) in [6.45, 7) is 7.15. The van der Waals surface area contributed by atoms with E-state index in [2.05, 4.69) is 34.4 Å². The lowest BCUT2D eigenvalue weighted by Gasteiger charge is -2.08. The Kier molecular flexibility index (Phi) is 3.82. The predicted octanol–water partition coefficient (Wildman–Crippen LogP) is 2.82. The zero-order valence-corrected chi connectivity index (χ0v) is 11.0. The van der Waals surface area contributed by atoms with E-state index in [-0.39, 0.29) is 0 Å². The molecule has 1 aromatic heterocycles. The summed E-state index contributed by atoms with van der Waals surface area (Å²) in [6.07, 6.45) is 3.88. The van der Waals surface area contributed by atoms with Crippen LogP contribution in [0.25, 0.3) is 0 Å². The molecule has 17 heavy (non-hydrogen) atoms. The van der Waals surface area contributed by atoms with Crippen molar-refractivity contribution in [2.45, 2.75) is 46.1 Å². The molecule has 1 fully saturated rings. The zero-order valence-electron chi connectivity index (χ0n) is 11.0. The average Bonchev–Trinajstić information content (AvgIpc) is 2.96. The lowest BCUT2D eigenvalue weighted by molar-refractivity contribution is 0.692. The molecule has 1 saturated carbocycles. The number of nitrogens with zero attached hydrogens (tertiary/aromatic N) is 2. The molecule has 2 N–H and O–H groups in total. The van der Waals surface area contributed by atoms with Crippen molar-refractivity contribution in [3.8, 4) is 0 Å². The SMILES string of the molecule is CCCC1CC1Nc1cc(C)nc(NCC)n1. The zero-order chi connectivity index (χ0) is 12.3. The molecular weight excluding hydrogens is 212 g/mol. The third-order valence-corrected chi connectivity index (χ3v) is 3.10. The topological polar surface area (TPSA) is 49.8 Å². The average molecular weight is 234 g/mol. The first kappa shape index (κ1) is 12.1. The molecule has 0 saturated heterocycles. The van der Waals surface area contributed by atoms with E-state index in [0.717, 1.165) is 29.9 Å². The summed E-state index contributed by atoms with van der Waals surface area (Å²) in [4.78, 5) is 8.81. The van der Waals surface area contributed by atoms with Gasteiger partial charge in [-0.1, -0.05) is 13.3 Å². The molecule has 2 atom stereocenters. The fourth-order valence-corrected chi connectivity index (χ4v) is 2.18. The van der Waals surface area contributed by atoms with E-state index >= 15 is 0 Å². The molecule has 1 aliphatic carbocycles. The van der Waals surface area contributed by atoms with E-state index in [4.69, 9.17) is 0 Å². The van der Waals surface area contributed by atoms with Crippen molar-refractivity contribution >= 4 is 11.8 Å². The molecule has 94 valence electrons. The number of rotatable bonds is 6. The van der Waals surface area contributed by atoms with Gasteiger partial charge in [0.1, 0.15) is 5.82 Å². The third-order valence-electron chi connectivity index (χ3n) is 3.10. The normalized spacial score (nSPS) is 22.3. The number of anilines is 2. The maximum absolute atomic E-state index is 4.46. The molecule has 4 heteroatoms. The van der Waals surface area contributed by atoms with E-state index in [1.807, 2.05) is 13.0 Å². The first-order chi connectivity index (χ1) is 8.22. The highest BCUT2D eigenvalue weighted by atomic mass is 15.2. The number of aromatic nitrogens is 2. The number of hydrogen-bond acceptors (Lipinski definition) is 4. The van der Waals surface area contributed by atoms with Gasteiger partial charge in [-0.05, 0) is 32.6 Å². The summed E-state index contributed by atoms with van der Waals surface area (Å²) >= 11 is 0. The summed E-state index contributed by atoms with van der Waals surface area (Å²) in [6, 6.07) is 2.64. The molecule has 0 radical (unpaired) electrons. The molecule has 0 bridgehead atoms. The third kappa shape index (κ3) is 3.32. The molecule has 0 amide bonds. The smallest absolute Gasteiger partial charge is 0.224 e. The molecule has 0 spiro atoms. The first-order valence-corrected chi connectivity index (χ1v) is 6.59. The van der Waals surface area contributed by atoms with Crippen molar-refractivity contribution in [3.63, 3.8) is 0 Å². The molecule has 4 nitrogen and oxygen atoms in total. The second kappa shape index (κ2) is 5.34. The van der Waals surface area contributed by atoms with Crippen LogP contribution in [-0.2, 0) is 0 Å². The molecule has 2 unspecified atom stereocenters. The Morgan fingerprint density at radius 2 is 2.18 bits per heavy atom. The Morgan fingerprint density at radius 1 is 1.35 bits per heavy atom. The van der Waals surface area contributed by atoms with Crippen LogP contribution >= 0.6 is 0 Å². The summed E-state index contributed by atoms with van der Waals surface area (Å²) in [5.74, 6) is 2.53. The minimum absolute atomic E-state index is 0.624. The van der Waals surface area contributed by atoms with E-state index in [1.165, 1.54) is 19.3 Å². The van der Waals surface area contributed by atoms with Crippen molar-refractivity contribution in [2.75, 3.05) is 17.2 Å². The summed E-state index contributed by atoms with van der Waals surface area (Å²) in [5.41, 5.74) is 1.01. The Bertz CT molecular complexity index is 378. The van der Waals surface area contributed by atoms with E-state index in [1.54, 1.807) is 0 Å². The highest BCUT2D eigenvalue weighted by molar-refractivity contribution is 5.44. The molecular formula is C13H22N4. The predicted molar refractivity (Wildman–Crippen MR) is 71.4 cm³/mol. The lowest BCUT2D eigenvalue weighted by atomic mass is 10.2. The quantitative estimate of drug-likeness (QED) is 0.794. The molecule has 1 aliphatic rings. The Balaban J connectivity index is 1.96. The van der Waals surface area contributed by atoms with E-state index < -0.39 is 0 Å². The lowest BCUT2D eigenvalue weighted by Crippen LogP contribution is -2.10. The largest absolute Gasteiger partial charge is 0.367 e. The van der Waals surface area contributed by atoms with Gasteiger partial charge in [-0.2, -0.15) is 4.98 Å². The summed E-state index contributed by atoms with van der Waals surface area (Å²) in [7, 11) is 0. The van der Waals surface area contributed by atoms with Crippen LogP contribution in [0.15, 0.2) is 6.07 Å². The van der Waals surface area contributed by atoms with Crippen molar-refractivity contribution in [2.24, 2.45) is 5.92 Å². The highest BCUT2D eigenvalue weighted by Crippen LogP contribution is 2.36. The number of hydrogen-bond donors (Lipinski definition) is 2. The summed E-state index contributed by atoms with van der Waals surface area (Å²) < 4.78 is 0. The van der Waals surface area contributed by atoms with Crippen molar-refractivity contribution in [1.29, 1.82) is 0 Å². The standard InChI is InChI=1S/C13H22N4/c1-4-6-10-8-11(10)16-12-7-9(3)15-13(17-12)14-5-2/h7,10-11H,4-6,8H2,1-3H3,(H2,14,15,16,17). The van der Waals surface area contributed by atoms with E-state index in [0.29, 0.717) is 6.04 Å². The van der Waals surface area contributed by atoms with Crippen LogP contribution in [0.1, 0.15) is 38.8 Å². The Labute approximate surface area is 103 Å². The van der Waals surface area contributed by atoms with Gasteiger partial charge in [0.2, 0.25) is 5.95 Å². The van der Waals surface area contributed by atoms with Crippen LogP contribution < -0.4 is 10.6 Å². The molecule has 0 aromatic carbocycles. The summed E-state index contributed by atoms with van der Waals surface area (Å²) in [5, 5.41) is 6.66. The van der Waals surface area contributed by atoms with Crippen LogP contribution in [0.3, 0.4) is 0 Å². The van der Waals surface area contributed by atoms with Gasteiger partial charge in [-0.15, -0.1) is 0 Å². The molecule has 0 aliphatic heterocycles.